The standard InChI is InChI=1S/C18H21BrN6O3/c1-11(16(26)27)21-15-14(19)10-20-17(24-15)22-12-5-4-6-13(9-12)23-18(28)25-7-2-3-8-25/h4-6,9-11H,2-3,7-8H2,1H3,(H,23,28)(H,26,27)(H2,20,21,22,24)/t11-/m0/s1. The maximum Gasteiger partial charge on any atom is 0.325 e. The average molecular weight is 449 g/mol. The van der Waals surface area contributed by atoms with E-state index >= 15 is 0 Å². The topological polar surface area (TPSA) is 119 Å². The largest absolute Gasteiger partial charge is 0.480 e. The number of carbonyl (C=O) groups excluding carboxylic acids is 1. The maximum absolute atomic E-state index is 12.2. The lowest BCUT2D eigenvalue weighted by Gasteiger charge is -2.17. The number of carbonyl (C=O) groups is 2. The number of carboxylic acid groups (broad SMARTS) is 1. The summed E-state index contributed by atoms with van der Waals surface area (Å²) in [5, 5.41) is 17.8. The first-order chi connectivity index (χ1) is 13.4. The molecule has 0 unspecified atom stereocenters. The molecule has 1 aliphatic heterocycles. The molecule has 0 radical (unpaired) electrons. The Labute approximate surface area is 170 Å². The van der Waals surface area contributed by atoms with Crippen LogP contribution in [0.1, 0.15) is 19.8 Å². The molecule has 9 nitrogen and oxygen atoms in total. The molecule has 2 aromatic rings. The van der Waals surface area contributed by atoms with Crippen LogP contribution in [0.2, 0.25) is 0 Å². The summed E-state index contributed by atoms with van der Waals surface area (Å²) >= 11 is 3.30. The number of benzene rings is 1. The highest BCUT2D eigenvalue weighted by atomic mass is 79.9. The van der Waals surface area contributed by atoms with Crippen LogP contribution in [0.15, 0.2) is 34.9 Å². The molecule has 4 N–H and O–H groups in total. The summed E-state index contributed by atoms with van der Waals surface area (Å²) in [5.74, 6) is -0.321. The van der Waals surface area contributed by atoms with E-state index < -0.39 is 12.0 Å². The van der Waals surface area contributed by atoms with Crippen LogP contribution >= 0.6 is 15.9 Å². The monoisotopic (exact) mass is 448 g/mol. The minimum absolute atomic E-state index is 0.108. The Morgan fingerprint density at radius 2 is 1.96 bits per heavy atom. The first-order valence-electron chi connectivity index (χ1n) is 8.87. The molecule has 1 saturated heterocycles. The van der Waals surface area contributed by atoms with Crippen molar-refractivity contribution >= 4 is 51.1 Å². The van der Waals surface area contributed by atoms with Crippen molar-refractivity contribution in [1.82, 2.24) is 14.9 Å². The van der Waals surface area contributed by atoms with Crippen molar-refractivity contribution in [3.05, 3.63) is 34.9 Å². The second-order valence-electron chi connectivity index (χ2n) is 6.42. The second-order valence-corrected chi connectivity index (χ2v) is 7.28. The summed E-state index contributed by atoms with van der Waals surface area (Å²) in [6, 6.07) is 6.32. The third kappa shape index (κ3) is 5.10. The second kappa shape index (κ2) is 8.87. The van der Waals surface area contributed by atoms with Crippen molar-refractivity contribution < 1.29 is 14.7 Å². The van der Waals surface area contributed by atoms with E-state index in [-0.39, 0.29) is 6.03 Å². The number of aliphatic carboxylic acids is 1. The Bertz CT molecular complexity index is 872. The number of aromatic nitrogens is 2. The van der Waals surface area contributed by atoms with Gasteiger partial charge in [0.05, 0.1) is 4.47 Å². The van der Waals surface area contributed by atoms with Gasteiger partial charge in [-0.15, -0.1) is 0 Å². The molecule has 1 aromatic heterocycles. The zero-order valence-corrected chi connectivity index (χ0v) is 16.9. The molecule has 3 rings (SSSR count). The lowest BCUT2D eigenvalue weighted by atomic mass is 10.3. The quantitative estimate of drug-likeness (QED) is 0.533. The molecule has 1 atom stereocenters. The van der Waals surface area contributed by atoms with Gasteiger partial charge in [0.15, 0.2) is 0 Å². The van der Waals surface area contributed by atoms with Crippen molar-refractivity contribution in [2.24, 2.45) is 0 Å². The van der Waals surface area contributed by atoms with E-state index in [9.17, 15) is 9.59 Å². The van der Waals surface area contributed by atoms with Crippen LogP contribution in [0.25, 0.3) is 0 Å². The third-order valence-corrected chi connectivity index (χ3v) is 4.81. The molecule has 0 saturated carbocycles. The number of rotatable bonds is 6. The molecule has 1 aliphatic rings. The first kappa shape index (κ1) is 19.9. The number of urea groups is 1. The SMILES string of the molecule is C[C@H](Nc1nc(Nc2cccc(NC(=O)N3CCCC3)c2)ncc1Br)C(=O)O. The van der Waals surface area contributed by atoms with E-state index in [0.717, 1.165) is 25.9 Å². The van der Waals surface area contributed by atoms with Crippen LogP contribution in [0.5, 0.6) is 0 Å². The zero-order chi connectivity index (χ0) is 20.1. The molecule has 0 bridgehead atoms. The van der Waals surface area contributed by atoms with E-state index in [4.69, 9.17) is 5.11 Å². The number of nitrogens with zero attached hydrogens (tertiary/aromatic N) is 3. The number of carboxylic acids is 1. The smallest absolute Gasteiger partial charge is 0.325 e. The van der Waals surface area contributed by atoms with Gasteiger partial charge in [-0.2, -0.15) is 4.98 Å². The number of likely N-dealkylation sites (tertiary alicyclic amines) is 1. The number of amides is 2. The van der Waals surface area contributed by atoms with Crippen molar-refractivity contribution in [1.29, 1.82) is 0 Å². The summed E-state index contributed by atoms with van der Waals surface area (Å²) in [7, 11) is 0. The number of halogens is 1. The van der Waals surface area contributed by atoms with Gasteiger partial charge in [-0.1, -0.05) is 6.07 Å². The molecule has 148 valence electrons. The summed E-state index contributed by atoms with van der Waals surface area (Å²) in [4.78, 5) is 33.6. The van der Waals surface area contributed by atoms with E-state index in [1.807, 2.05) is 18.2 Å². The predicted molar refractivity (Wildman–Crippen MR) is 110 cm³/mol. The summed E-state index contributed by atoms with van der Waals surface area (Å²) in [5.41, 5.74) is 1.36. The van der Waals surface area contributed by atoms with Gasteiger partial charge in [0, 0.05) is 30.7 Å². The van der Waals surface area contributed by atoms with Crippen molar-refractivity contribution in [3.8, 4) is 0 Å². The highest BCUT2D eigenvalue weighted by molar-refractivity contribution is 9.10. The molecule has 28 heavy (non-hydrogen) atoms. The molecule has 10 heteroatoms. The van der Waals surface area contributed by atoms with Crippen LogP contribution in [0, 0.1) is 0 Å². The molecule has 0 spiro atoms. The predicted octanol–water partition coefficient (Wildman–Crippen LogP) is 3.50. The molecule has 2 heterocycles. The molecule has 0 aliphatic carbocycles. The minimum atomic E-state index is -0.985. The Balaban J connectivity index is 1.69. The third-order valence-electron chi connectivity index (χ3n) is 4.23. The van der Waals surface area contributed by atoms with E-state index in [1.54, 1.807) is 11.0 Å². The summed E-state index contributed by atoms with van der Waals surface area (Å²) in [6.45, 7) is 3.08. The molecular formula is C18H21BrN6O3. The fourth-order valence-electron chi connectivity index (χ4n) is 2.72. The zero-order valence-electron chi connectivity index (χ0n) is 15.3. The van der Waals surface area contributed by atoms with Gasteiger partial charge in [-0.25, -0.2) is 9.78 Å². The maximum atomic E-state index is 12.2. The summed E-state index contributed by atoms with van der Waals surface area (Å²) < 4.78 is 0.553. The average Bonchev–Trinajstić information content (AvgIpc) is 3.19. The Morgan fingerprint density at radius 3 is 2.68 bits per heavy atom. The Kier molecular flexibility index (Phi) is 6.30. The normalized spacial score (nSPS) is 14.4. The Hall–Kier alpha value is -2.88. The molecular weight excluding hydrogens is 428 g/mol. The van der Waals surface area contributed by atoms with Gasteiger partial charge >= 0.3 is 12.0 Å². The fraction of sp³-hybridized carbons (Fsp3) is 0.333. The van der Waals surface area contributed by atoms with Crippen LogP contribution in [-0.2, 0) is 4.79 Å². The van der Waals surface area contributed by atoms with Crippen molar-refractivity contribution in [2.45, 2.75) is 25.8 Å². The fourth-order valence-corrected chi connectivity index (χ4v) is 3.03. The Morgan fingerprint density at radius 1 is 1.25 bits per heavy atom. The van der Waals surface area contributed by atoms with Gasteiger partial charge in [0.25, 0.3) is 0 Å². The van der Waals surface area contributed by atoms with Gasteiger partial charge in [0.1, 0.15) is 11.9 Å². The van der Waals surface area contributed by atoms with E-state index in [2.05, 4.69) is 41.8 Å². The van der Waals surface area contributed by atoms with Crippen molar-refractivity contribution in [2.75, 3.05) is 29.0 Å². The lowest BCUT2D eigenvalue weighted by molar-refractivity contribution is -0.137. The van der Waals surface area contributed by atoms with Gasteiger partial charge in [0.2, 0.25) is 5.95 Å². The van der Waals surface area contributed by atoms with Crippen molar-refractivity contribution in [3.63, 3.8) is 0 Å². The van der Waals surface area contributed by atoms with Crippen LogP contribution in [0.4, 0.5) is 27.9 Å². The first-order valence-corrected chi connectivity index (χ1v) is 9.66. The minimum Gasteiger partial charge on any atom is -0.480 e. The number of hydrogen-bond donors (Lipinski definition) is 4. The number of anilines is 4. The van der Waals surface area contributed by atoms with E-state index in [0.29, 0.717) is 27.6 Å². The van der Waals surface area contributed by atoms with E-state index in [1.165, 1.54) is 13.1 Å². The summed E-state index contributed by atoms with van der Waals surface area (Å²) in [6.07, 6.45) is 3.60. The molecule has 1 fully saturated rings. The highest BCUT2D eigenvalue weighted by Gasteiger charge is 2.18. The van der Waals surface area contributed by atoms with Gasteiger partial charge in [-0.05, 0) is 53.9 Å². The molecule has 2 amide bonds. The highest BCUT2D eigenvalue weighted by Crippen LogP contribution is 2.24. The van der Waals surface area contributed by atoms with Gasteiger partial charge in [-0.3, -0.25) is 4.79 Å². The van der Waals surface area contributed by atoms with Gasteiger partial charge < -0.3 is 26.0 Å². The van der Waals surface area contributed by atoms with Crippen LogP contribution in [-0.4, -0.2) is 51.1 Å². The lowest BCUT2D eigenvalue weighted by Crippen LogP contribution is -2.32. The molecule has 1 aromatic carbocycles. The number of hydrogen-bond acceptors (Lipinski definition) is 6. The number of nitrogens with one attached hydrogen (secondary N) is 3. The van der Waals surface area contributed by atoms with Crippen LogP contribution in [0.3, 0.4) is 0 Å². The van der Waals surface area contributed by atoms with Crippen LogP contribution < -0.4 is 16.0 Å².